The molecule has 5 nitrogen and oxygen atoms in total. The van der Waals surface area contributed by atoms with Gasteiger partial charge in [0.15, 0.2) is 0 Å². The van der Waals surface area contributed by atoms with E-state index in [0.717, 1.165) is 12.8 Å². The first-order valence-electron chi connectivity index (χ1n) is 7.26. The van der Waals surface area contributed by atoms with Gasteiger partial charge in [0, 0.05) is 18.6 Å². The van der Waals surface area contributed by atoms with Crippen LogP contribution in [0.4, 0.5) is 0 Å². The zero-order valence-electron chi connectivity index (χ0n) is 12.0. The van der Waals surface area contributed by atoms with E-state index in [2.05, 4.69) is 5.32 Å². The van der Waals surface area contributed by atoms with E-state index in [0.29, 0.717) is 12.6 Å². The number of carbonyl (C=O) groups excluding carboxylic acids is 1. The van der Waals surface area contributed by atoms with Gasteiger partial charge in [0.05, 0.1) is 13.0 Å². The Labute approximate surface area is 115 Å². The van der Waals surface area contributed by atoms with Crippen LogP contribution in [0.5, 0.6) is 0 Å². The number of carbonyl (C=O) groups is 2. The number of carboxylic acid groups (broad SMARTS) is 1. The molecule has 0 aromatic heterocycles. The maximum Gasteiger partial charge on any atom is 0.304 e. The van der Waals surface area contributed by atoms with Crippen molar-refractivity contribution >= 4 is 11.9 Å². The molecule has 0 atom stereocenters. The van der Waals surface area contributed by atoms with Crippen LogP contribution in [0.1, 0.15) is 52.4 Å². The Balaban J connectivity index is 2.41. The second-order valence-corrected chi connectivity index (χ2v) is 5.51. The Hall–Kier alpha value is -1.10. The predicted octanol–water partition coefficient (Wildman–Crippen LogP) is 1.62. The summed E-state index contributed by atoms with van der Waals surface area (Å²) in [4.78, 5) is 24.6. The number of carboxylic acids is 1. The normalized spacial score (nSPS) is 16.6. The molecule has 0 heterocycles. The van der Waals surface area contributed by atoms with Gasteiger partial charge in [-0.15, -0.1) is 0 Å². The summed E-state index contributed by atoms with van der Waals surface area (Å²) in [5, 5.41) is 11.5. The molecule has 1 rings (SSSR count). The minimum absolute atomic E-state index is 0.0540. The van der Waals surface area contributed by atoms with Gasteiger partial charge in [-0.05, 0) is 26.7 Å². The summed E-state index contributed by atoms with van der Waals surface area (Å²) in [6, 6.07) is 0.569. The third kappa shape index (κ3) is 5.59. The third-order valence-corrected chi connectivity index (χ3v) is 3.60. The van der Waals surface area contributed by atoms with E-state index in [-0.39, 0.29) is 24.9 Å². The van der Waals surface area contributed by atoms with Gasteiger partial charge < -0.3 is 15.3 Å². The number of hydrogen-bond acceptors (Lipinski definition) is 3. The largest absolute Gasteiger partial charge is 0.481 e. The Kier molecular flexibility index (Phi) is 6.84. The Bertz CT molecular complexity index is 299. The summed E-state index contributed by atoms with van der Waals surface area (Å²) in [5.41, 5.74) is 0. The molecule has 0 bridgehead atoms. The van der Waals surface area contributed by atoms with Crippen LogP contribution >= 0.6 is 0 Å². The summed E-state index contributed by atoms with van der Waals surface area (Å²) < 4.78 is 0. The van der Waals surface area contributed by atoms with Gasteiger partial charge in [-0.1, -0.05) is 19.3 Å². The van der Waals surface area contributed by atoms with Crippen LogP contribution in [-0.4, -0.2) is 47.1 Å². The van der Waals surface area contributed by atoms with Crippen molar-refractivity contribution in [2.24, 2.45) is 0 Å². The summed E-state index contributed by atoms with van der Waals surface area (Å²) in [6.45, 7) is 4.67. The monoisotopic (exact) mass is 270 g/mol. The van der Waals surface area contributed by atoms with E-state index in [1.54, 1.807) is 0 Å². The number of nitrogens with zero attached hydrogens (tertiary/aromatic N) is 1. The lowest BCUT2D eigenvalue weighted by Gasteiger charge is -2.37. The van der Waals surface area contributed by atoms with Crippen LogP contribution in [0, 0.1) is 0 Å². The van der Waals surface area contributed by atoms with Gasteiger partial charge in [0.2, 0.25) is 5.91 Å². The van der Waals surface area contributed by atoms with Crippen molar-refractivity contribution < 1.29 is 14.7 Å². The number of hydrogen-bond donors (Lipinski definition) is 2. The number of aliphatic carboxylic acids is 1. The fraction of sp³-hybridized carbons (Fsp3) is 0.857. The summed E-state index contributed by atoms with van der Waals surface area (Å²) in [7, 11) is 0. The number of amides is 1. The first-order valence-corrected chi connectivity index (χ1v) is 7.26. The molecule has 2 N–H and O–H groups in total. The topological polar surface area (TPSA) is 69.6 Å². The Morgan fingerprint density at radius 3 is 2.42 bits per heavy atom. The van der Waals surface area contributed by atoms with Crippen molar-refractivity contribution in [2.45, 2.75) is 64.5 Å². The second kappa shape index (κ2) is 8.15. The molecule has 0 spiro atoms. The molecule has 1 aliphatic rings. The average molecular weight is 270 g/mol. The molecule has 1 saturated carbocycles. The molecule has 0 unspecified atom stereocenters. The maximum absolute atomic E-state index is 12.2. The Morgan fingerprint density at radius 1 is 1.26 bits per heavy atom. The Morgan fingerprint density at radius 2 is 1.89 bits per heavy atom. The quantitative estimate of drug-likeness (QED) is 0.690. The maximum atomic E-state index is 12.2. The molecule has 110 valence electrons. The van der Waals surface area contributed by atoms with Gasteiger partial charge in [-0.2, -0.15) is 0 Å². The van der Waals surface area contributed by atoms with Crippen LogP contribution in [-0.2, 0) is 9.59 Å². The second-order valence-electron chi connectivity index (χ2n) is 5.51. The van der Waals surface area contributed by atoms with E-state index in [1.807, 2.05) is 18.7 Å². The highest BCUT2D eigenvalue weighted by Gasteiger charge is 2.26. The molecule has 19 heavy (non-hydrogen) atoms. The van der Waals surface area contributed by atoms with Crippen LogP contribution in [0.25, 0.3) is 0 Å². The summed E-state index contributed by atoms with van der Waals surface area (Å²) in [6.07, 6.45) is 5.92. The lowest BCUT2D eigenvalue weighted by molar-refractivity contribution is -0.138. The highest BCUT2D eigenvalue weighted by Crippen LogP contribution is 2.24. The summed E-state index contributed by atoms with van der Waals surface area (Å²) in [5.74, 6) is -0.750. The molecule has 0 aliphatic heterocycles. The van der Waals surface area contributed by atoms with Crippen LogP contribution in [0.2, 0.25) is 0 Å². The zero-order chi connectivity index (χ0) is 14.3. The SMILES string of the molecule is CC(C)N(C(=O)CNCCC(=O)O)C1CCCCC1. The third-order valence-electron chi connectivity index (χ3n) is 3.60. The van der Waals surface area contributed by atoms with E-state index in [4.69, 9.17) is 5.11 Å². The van der Waals surface area contributed by atoms with E-state index in [1.165, 1.54) is 19.3 Å². The van der Waals surface area contributed by atoms with Crippen molar-refractivity contribution in [3.05, 3.63) is 0 Å². The van der Waals surface area contributed by atoms with Crippen LogP contribution < -0.4 is 5.32 Å². The minimum atomic E-state index is -0.840. The molecule has 0 aromatic rings. The minimum Gasteiger partial charge on any atom is -0.481 e. The van der Waals surface area contributed by atoms with Gasteiger partial charge in [0.1, 0.15) is 0 Å². The predicted molar refractivity (Wildman–Crippen MR) is 74.0 cm³/mol. The van der Waals surface area contributed by atoms with E-state index < -0.39 is 5.97 Å². The molecule has 1 aliphatic carbocycles. The molecular weight excluding hydrogens is 244 g/mol. The fourth-order valence-corrected chi connectivity index (χ4v) is 2.75. The van der Waals surface area contributed by atoms with Crippen LogP contribution in [0.3, 0.4) is 0 Å². The molecule has 0 radical (unpaired) electrons. The molecule has 1 amide bonds. The number of rotatable bonds is 7. The summed E-state index contributed by atoms with van der Waals surface area (Å²) >= 11 is 0. The van der Waals surface area contributed by atoms with Crippen molar-refractivity contribution in [1.82, 2.24) is 10.2 Å². The van der Waals surface area contributed by atoms with Gasteiger partial charge >= 0.3 is 5.97 Å². The lowest BCUT2D eigenvalue weighted by atomic mass is 9.93. The van der Waals surface area contributed by atoms with Crippen molar-refractivity contribution in [1.29, 1.82) is 0 Å². The lowest BCUT2D eigenvalue weighted by Crippen LogP contribution is -2.49. The van der Waals surface area contributed by atoms with Crippen molar-refractivity contribution in [3.8, 4) is 0 Å². The first-order chi connectivity index (χ1) is 9.02. The average Bonchev–Trinajstić information content (AvgIpc) is 2.35. The smallest absolute Gasteiger partial charge is 0.304 e. The molecule has 5 heteroatoms. The zero-order valence-corrected chi connectivity index (χ0v) is 12.0. The molecule has 0 saturated heterocycles. The van der Waals surface area contributed by atoms with Crippen LogP contribution in [0.15, 0.2) is 0 Å². The van der Waals surface area contributed by atoms with E-state index in [9.17, 15) is 9.59 Å². The standard InChI is InChI=1S/C14H26N2O3/c1-11(2)16(12-6-4-3-5-7-12)13(17)10-15-9-8-14(18)19/h11-12,15H,3-10H2,1-2H3,(H,18,19). The van der Waals surface area contributed by atoms with Gasteiger partial charge in [-0.3, -0.25) is 9.59 Å². The van der Waals surface area contributed by atoms with Gasteiger partial charge in [0.25, 0.3) is 0 Å². The van der Waals surface area contributed by atoms with Crippen molar-refractivity contribution in [2.75, 3.05) is 13.1 Å². The molecule has 0 aromatic carbocycles. The van der Waals surface area contributed by atoms with E-state index >= 15 is 0 Å². The molecule has 1 fully saturated rings. The highest BCUT2D eigenvalue weighted by molar-refractivity contribution is 5.79. The molecular formula is C14H26N2O3. The fourth-order valence-electron chi connectivity index (χ4n) is 2.75. The number of nitrogens with one attached hydrogen (secondary N) is 1. The van der Waals surface area contributed by atoms with Crippen molar-refractivity contribution in [3.63, 3.8) is 0 Å². The highest BCUT2D eigenvalue weighted by atomic mass is 16.4. The first kappa shape index (κ1) is 16.0. The van der Waals surface area contributed by atoms with Gasteiger partial charge in [-0.25, -0.2) is 0 Å².